The summed E-state index contributed by atoms with van der Waals surface area (Å²) in [5.74, 6) is -4.55. The summed E-state index contributed by atoms with van der Waals surface area (Å²) < 4.78 is 46.8. The molecule has 2 saturated heterocycles. The first kappa shape index (κ1) is 45.5. The lowest BCUT2D eigenvalue weighted by atomic mass is 9.82. The fraction of sp³-hybridized carbons (Fsp3) is 0.356. The van der Waals surface area contributed by atoms with Crippen LogP contribution in [0.25, 0.3) is 0 Å². The zero-order chi connectivity index (χ0) is 43.7. The second kappa shape index (κ2) is 20.7. The van der Waals surface area contributed by atoms with Gasteiger partial charge in [-0.25, -0.2) is 19.2 Å². The van der Waals surface area contributed by atoms with Gasteiger partial charge in [0.2, 0.25) is 18.3 Å². The van der Waals surface area contributed by atoms with E-state index < -0.39 is 83.3 Å². The predicted octanol–water partition coefficient (Wildman–Crippen LogP) is 8.40. The van der Waals surface area contributed by atoms with Crippen LogP contribution in [0.5, 0.6) is 0 Å². The van der Waals surface area contributed by atoms with E-state index in [-0.39, 0.29) is 34.6 Å². The molecule has 13 nitrogen and oxygen atoms in total. The summed E-state index contributed by atoms with van der Waals surface area (Å²) >= 11 is 18.2. The molecule has 4 aromatic rings. The lowest BCUT2D eigenvalue weighted by Crippen LogP contribution is -2.64. The number of carbonyl (C=O) groups excluding carboxylic acids is 4. The van der Waals surface area contributed by atoms with E-state index in [2.05, 4.69) is 0 Å². The van der Waals surface area contributed by atoms with Gasteiger partial charge >= 0.3 is 23.9 Å². The van der Waals surface area contributed by atoms with Gasteiger partial charge in [0.1, 0.15) is 6.10 Å². The lowest BCUT2D eigenvalue weighted by molar-refractivity contribution is -0.309. The van der Waals surface area contributed by atoms with Crippen molar-refractivity contribution in [1.29, 1.82) is 5.41 Å². The fourth-order valence-electron chi connectivity index (χ4n) is 6.97. The number of hydrogen-bond donors (Lipinski definition) is 1. The molecule has 0 bridgehead atoms. The monoisotopic (exact) mass is 895 g/mol. The maximum Gasteiger partial charge on any atom is 0.338 e. The van der Waals surface area contributed by atoms with Crippen molar-refractivity contribution in [2.75, 3.05) is 6.61 Å². The topological polar surface area (TPSA) is 166 Å². The molecule has 0 saturated carbocycles. The summed E-state index contributed by atoms with van der Waals surface area (Å²) in [6.45, 7) is 5.38. The summed E-state index contributed by atoms with van der Waals surface area (Å²) in [5, 5.41) is 8.47. The van der Waals surface area contributed by atoms with E-state index >= 15 is 0 Å². The molecule has 0 radical (unpaired) electrons. The minimum absolute atomic E-state index is 0.0588. The molecule has 6 rings (SSSR count). The van der Waals surface area contributed by atoms with Crippen molar-refractivity contribution in [2.24, 2.45) is 11.8 Å². The Morgan fingerprint density at radius 1 is 0.525 bits per heavy atom. The zero-order valence-electron chi connectivity index (χ0n) is 33.3. The molecule has 4 aromatic carbocycles. The Balaban J connectivity index is 1.41. The molecule has 0 aliphatic carbocycles. The van der Waals surface area contributed by atoms with Gasteiger partial charge in [-0.3, -0.25) is 5.41 Å². The van der Waals surface area contributed by atoms with Gasteiger partial charge in [0.15, 0.2) is 24.6 Å². The van der Waals surface area contributed by atoms with E-state index in [9.17, 15) is 19.2 Å². The molecule has 2 aliphatic rings. The first-order chi connectivity index (χ1) is 29.2. The predicted molar refractivity (Wildman–Crippen MR) is 224 cm³/mol. The van der Waals surface area contributed by atoms with Gasteiger partial charge in [-0.05, 0) is 60.9 Å². The number of halogens is 3. The third kappa shape index (κ3) is 11.5. The fourth-order valence-corrected chi connectivity index (χ4v) is 7.10. The minimum Gasteiger partial charge on any atom is -0.453 e. The van der Waals surface area contributed by atoms with E-state index in [4.69, 9.17) is 78.1 Å². The Morgan fingerprint density at radius 3 is 1.31 bits per heavy atom. The van der Waals surface area contributed by atoms with Crippen molar-refractivity contribution in [3.05, 3.63) is 144 Å². The molecule has 0 spiro atoms. The van der Waals surface area contributed by atoms with Crippen molar-refractivity contribution in [1.82, 2.24) is 0 Å². The van der Waals surface area contributed by atoms with Crippen LogP contribution in [0.3, 0.4) is 0 Å². The van der Waals surface area contributed by atoms with Crippen molar-refractivity contribution in [3.8, 4) is 0 Å². The highest BCUT2D eigenvalue weighted by molar-refractivity contribution is 6.76. The molecule has 1 N–H and O–H groups in total. The molecule has 322 valence electrons. The summed E-state index contributed by atoms with van der Waals surface area (Å²) in [7, 11) is 0. The maximum atomic E-state index is 13.9. The second-order valence-corrected chi connectivity index (χ2v) is 16.7. The zero-order valence-corrected chi connectivity index (χ0v) is 35.5. The molecule has 10 atom stereocenters. The Hall–Kier alpha value is -5.02. The molecular weight excluding hydrogens is 853 g/mol. The van der Waals surface area contributed by atoms with Crippen LogP contribution in [0, 0.1) is 17.2 Å². The molecular formula is C45H44Cl3NO12. The summed E-state index contributed by atoms with van der Waals surface area (Å²) in [6, 6.07) is 32.2. The highest BCUT2D eigenvalue weighted by Crippen LogP contribution is 2.38. The SMILES string of the molecule is CC[C@H]1O[C@@H](OC[C@H]2OC(OC(=N)C(Cl)(Cl)Cl)[C@H](OC(=O)c3ccccc3)[C@@H](OC(=O)c3ccccc3)[C@@H]2OC(=O)c2ccccc2)[C@H](OC(=O)c2ccccc2)[C@@H](C)[C@@H]1C. The largest absolute Gasteiger partial charge is 0.453 e. The van der Waals surface area contributed by atoms with E-state index in [1.165, 1.54) is 36.4 Å². The maximum absolute atomic E-state index is 13.9. The molecule has 2 aliphatic heterocycles. The molecule has 61 heavy (non-hydrogen) atoms. The van der Waals surface area contributed by atoms with Crippen LogP contribution in [-0.4, -0.2) is 89.4 Å². The Labute approximate surface area is 367 Å². The van der Waals surface area contributed by atoms with Crippen LogP contribution in [0.1, 0.15) is 68.6 Å². The molecule has 16 heteroatoms. The van der Waals surface area contributed by atoms with E-state index in [1.807, 2.05) is 20.8 Å². The normalized spacial score (nSPS) is 26.3. The molecule has 2 fully saturated rings. The third-order valence-corrected chi connectivity index (χ3v) is 10.9. The van der Waals surface area contributed by atoms with Crippen molar-refractivity contribution in [3.63, 3.8) is 0 Å². The van der Waals surface area contributed by atoms with Gasteiger partial charge in [-0.1, -0.05) is 128 Å². The van der Waals surface area contributed by atoms with Gasteiger partial charge in [0, 0.05) is 5.92 Å². The third-order valence-electron chi connectivity index (χ3n) is 10.4. The number of ether oxygens (including phenoxy) is 8. The van der Waals surface area contributed by atoms with Crippen molar-refractivity contribution >= 4 is 64.6 Å². The van der Waals surface area contributed by atoms with E-state index in [0.717, 1.165) is 0 Å². The van der Waals surface area contributed by atoms with Gasteiger partial charge in [0.05, 0.1) is 35.0 Å². The average Bonchev–Trinajstić information content (AvgIpc) is 3.27. The summed E-state index contributed by atoms with van der Waals surface area (Å²) in [5.41, 5.74) is 0.634. The van der Waals surface area contributed by atoms with Crippen LogP contribution < -0.4 is 0 Å². The summed E-state index contributed by atoms with van der Waals surface area (Å²) in [4.78, 5) is 55.0. The van der Waals surface area contributed by atoms with Crippen LogP contribution >= 0.6 is 34.8 Å². The summed E-state index contributed by atoms with van der Waals surface area (Å²) in [6.07, 6.45) is -10.2. The van der Waals surface area contributed by atoms with Gasteiger partial charge in [0.25, 0.3) is 3.79 Å². The van der Waals surface area contributed by atoms with E-state index in [0.29, 0.717) is 12.0 Å². The smallest absolute Gasteiger partial charge is 0.338 e. The van der Waals surface area contributed by atoms with Gasteiger partial charge in [-0.15, -0.1) is 0 Å². The molecule has 1 unspecified atom stereocenters. The molecule has 0 amide bonds. The first-order valence-corrected chi connectivity index (χ1v) is 20.7. The number of carbonyl (C=O) groups is 4. The number of rotatable bonds is 13. The number of esters is 4. The van der Waals surface area contributed by atoms with Crippen LogP contribution in [0.2, 0.25) is 0 Å². The average molecular weight is 897 g/mol. The standard InChI is InChI=1S/C45H44Cl3NO12/c1-4-32-26(2)27(3)34(57-38(50)28-17-9-5-10-18-28)42(55-32)54-25-33-35(58-39(51)29-19-11-6-12-20-29)36(59-40(52)30-21-13-7-14-22-30)37(43(56-33)61-44(49)45(46,47)48)60-41(53)31-23-15-8-16-24-31/h5-24,26-27,32-37,42-43,49H,4,25H2,1-3H3/t26-,27-,32+,33+,34+,35+,36-,37+,42+,43?/m0/s1. The molecule has 0 aromatic heterocycles. The number of benzene rings is 4. The Morgan fingerprint density at radius 2 is 0.902 bits per heavy atom. The van der Waals surface area contributed by atoms with Crippen molar-refractivity contribution in [2.45, 2.75) is 80.2 Å². The Kier molecular flexibility index (Phi) is 15.4. The highest BCUT2D eigenvalue weighted by Gasteiger charge is 2.55. The molecule has 2 heterocycles. The second-order valence-electron chi connectivity index (χ2n) is 14.4. The minimum atomic E-state index is -2.43. The van der Waals surface area contributed by atoms with Crippen LogP contribution in [-0.2, 0) is 37.9 Å². The van der Waals surface area contributed by atoms with Crippen LogP contribution in [0.4, 0.5) is 0 Å². The van der Waals surface area contributed by atoms with Gasteiger partial charge < -0.3 is 37.9 Å². The Bertz CT molecular complexity index is 2110. The van der Waals surface area contributed by atoms with E-state index in [1.54, 1.807) is 84.9 Å². The number of hydrogen-bond acceptors (Lipinski definition) is 13. The van der Waals surface area contributed by atoms with Crippen LogP contribution in [0.15, 0.2) is 121 Å². The van der Waals surface area contributed by atoms with Crippen molar-refractivity contribution < 1.29 is 57.1 Å². The first-order valence-electron chi connectivity index (χ1n) is 19.5. The highest BCUT2D eigenvalue weighted by atomic mass is 35.6. The van der Waals surface area contributed by atoms with Gasteiger partial charge in [-0.2, -0.15) is 0 Å². The lowest BCUT2D eigenvalue weighted by Gasteiger charge is -2.46. The number of alkyl halides is 3. The quantitative estimate of drug-likeness (QED) is 0.0449. The number of nitrogens with one attached hydrogen (secondary N) is 1.